The SMILES string of the molecule is CCNC(C)C(c1nc(Cc2cccs2)no1)C(C)C. The van der Waals surface area contributed by atoms with Crippen molar-refractivity contribution in [3.63, 3.8) is 0 Å². The first-order valence-corrected chi connectivity index (χ1v) is 8.08. The third-order valence-electron chi connectivity index (χ3n) is 3.46. The van der Waals surface area contributed by atoms with E-state index in [0.29, 0.717) is 12.0 Å². The van der Waals surface area contributed by atoms with Crippen molar-refractivity contribution < 1.29 is 4.52 Å². The summed E-state index contributed by atoms with van der Waals surface area (Å²) in [4.78, 5) is 5.86. The molecule has 0 aromatic carbocycles. The van der Waals surface area contributed by atoms with Gasteiger partial charge in [0.15, 0.2) is 5.82 Å². The molecule has 110 valence electrons. The fourth-order valence-electron chi connectivity index (χ4n) is 2.57. The lowest BCUT2D eigenvalue weighted by Gasteiger charge is -2.24. The van der Waals surface area contributed by atoms with Crippen LogP contribution >= 0.6 is 11.3 Å². The van der Waals surface area contributed by atoms with Crippen LogP contribution < -0.4 is 5.32 Å². The second kappa shape index (κ2) is 6.99. The Morgan fingerprint density at radius 3 is 2.75 bits per heavy atom. The van der Waals surface area contributed by atoms with Gasteiger partial charge in [0.1, 0.15) is 0 Å². The number of hydrogen-bond donors (Lipinski definition) is 1. The first kappa shape index (κ1) is 15.2. The van der Waals surface area contributed by atoms with E-state index >= 15 is 0 Å². The first-order chi connectivity index (χ1) is 9.61. The molecule has 2 atom stereocenters. The Bertz CT molecular complexity index is 507. The van der Waals surface area contributed by atoms with E-state index in [-0.39, 0.29) is 5.92 Å². The average Bonchev–Trinajstić information content (AvgIpc) is 3.02. The number of likely N-dealkylation sites (N-methyl/N-ethyl adjacent to an activating group) is 1. The largest absolute Gasteiger partial charge is 0.339 e. The molecule has 0 aliphatic carbocycles. The van der Waals surface area contributed by atoms with Gasteiger partial charge in [-0.05, 0) is 30.8 Å². The van der Waals surface area contributed by atoms with Crippen LogP contribution in [0.5, 0.6) is 0 Å². The summed E-state index contributed by atoms with van der Waals surface area (Å²) in [6.45, 7) is 9.63. The minimum Gasteiger partial charge on any atom is -0.339 e. The lowest BCUT2D eigenvalue weighted by Crippen LogP contribution is -2.34. The topological polar surface area (TPSA) is 51.0 Å². The van der Waals surface area contributed by atoms with Gasteiger partial charge in [-0.25, -0.2) is 0 Å². The molecule has 2 rings (SSSR count). The quantitative estimate of drug-likeness (QED) is 0.849. The summed E-state index contributed by atoms with van der Waals surface area (Å²) >= 11 is 1.72. The second-order valence-corrected chi connectivity index (χ2v) is 6.45. The van der Waals surface area contributed by atoms with Crippen molar-refractivity contribution in [1.29, 1.82) is 0 Å². The van der Waals surface area contributed by atoms with Crippen LogP contribution in [0.2, 0.25) is 0 Å². The molecule has 0 aliphatic rings. The molecule has 4 nitrogen and oxygen atoms in total. The van der Waals surface area contributed by atoms with Gasteiger partial charge in [0.25, 0.3) is 0 Å². The molecule has 0 bridgehead atoms. The monoisotopic (exact) mass is 293 g/mol. The Morgan fingerprint density at radius 1 is 1.35 bits per heavy atom. The summed E-state index contributed by atoms with van der Waals surface area (Å²) in [5.41, 5.74) is 0. The maximum atomic E-state index is 5.51. The van der Waals surface area contributed by atoms with Gasteiger partial charge in [-0.3, -0.25) is 0 Å². The third kappa shape index (κ3) is 3.67. The molecule has 0 radical (unpaired) electrons. The van der Waals surface area contributed by atoms with Crippen molar-refractivity contribution in [2.24, 2.45) is 5.92 Å². The van der Waals surface area contributed by atoms with Crippen LogP contribution in [0.15, 0.2) is 22.0 Å². The van der Waals surface area contributed by atoms with E-state index in [1.807, 2.05) is 6.07 Å². The number of aromatic nitrogens is 2. The normalized spacial score (nSPS) is 14.7. The van der Waals surface area contributed by atoms with Crippen molar-refractivity contribution in [3.05, 3.63) is 34.1 Å². The van der Waals surface area contributed by atoms with Gasteiger partial charge in [0, 0.05) is 17.3 Å². The van der Waals surface area contributed by atoms with Crippen molar-refractivity contribution >= 4 is 11.3 Å². The van der Waals surface area contributed by atoms with E-state index in [2.05, 4.69) is 54.6 Å². The Balaban J connectivity index is 2.12. The number of nitrogens with zero attached hydrogens (tertiary/aromatic N) is 2. The van der Waals surface area contributed by atoms with Crippen molar-refractivity contribution in [2.45, 2.75) is 46.1 Å². The molecule has 0 amide bonds. The summed E-state index contributed by atoms with van der Waals surface area (Å²) in [6.07, 6.45) is 0.752. The van der Waals surface area contributed by atoms with Crippen LogP contribution in [0.3, 0.4) is 0 Å². The van der Waals surface area contributed by atoms with Gasteiger partial charge in [-0.1, -0.05) is 32.0 Å². The Morgan fingerprint density at radius 2 is 2.15 bits per heavy atom. The zero-order chi connectivity index (χ0) is 14.5. The highest BCUT2D eigenvalue weighted by molar-refractivity contribution is 7.09. The summed E-state index contributed by atoms with van der Waals surface area (Å²) in [5.74, 6) is 2.23. The molecule has 2 unspecified atom stereocenters. The zero-order valence-electron chi connectivity index (χ0n) is 12.6. The summed E-state index contributed by atoms with van der Waals surface area (Å²) in [6, 6.07) is 4.47. The van der Waals surface area contributed by atoms with Crippen LogP contribution in [0, 0.1) is 5.92 Å². The minimum atomic E-state index is 0.250. The number of nitrogens with one attached hydrogen (secondary N) is 1. The summed E-state index contributed by atoms with van der Waals surface area (Å²) in [5, 5.41) is 9.65. The maximum Gasteiger partial charge on any atom is 0.231 e. The van der Waals surface area contributed by atoms with E-state index < -0.39 is 0 Å². The Kier molecular flexibility index (Phi) is 5.31. The third-order valence-corrected chi connectivity index (χ3v) is 4.34. The molecule has 2 heterocycles. The molecular formula is C15H23N3OS. The van der Waals surface area contributed by atoms with Crippen LogP contribution in [-0.2, 0) is 6.42 Å². The molecule has 0 fully saturated rings. The van der Waals surface area contributed by atoms with Gasteiger partial charge in [0.05, 0.1) is 5.92 Å². The fraction of sp³-hybridized carbons (Fsp3) is 0.600. The van der Waals surface area contributed by atoms with Gasteiger partial charge in [-0.15, -0.1) is 11.3 Å². The molecule has 0 saturated carbocycles. The van der Waals surface area contributed by atoms with E-state index in [0.717, 1.165) is 24.7 Å². The first-order valence-electron chi connectivity index (χ1n) is 7.20. The summed E-state index contributed by atoms with van der Waals surface area (Å²) in [7, 11) is 0. The van der Waals surface area contributed by atoms with Crippen LogP contribution in [-0.4, -0.2) is 22.7 Å². The lowest BCUT2D eigenvalue weighted by molar-refractivity contribution is 0.280. The molecule has 5 heteroatoms. The van der Waals surface area contributed by atoms with E-state index in [1.165, 1.54) is 4.88 Å². The smallest absolute Gasteiger partial charge is 0.231 e. The van der Waals surface area contributed by atoms with Crippen molar-refractivity contribution in [1.82, 2.24) is 15.5 Å². The molecular weight excluding hydrogens is 270 g/mol. The molecule has 1 N–H and O–H groups in total. The van der Waals surface area contributed by atoms with E-state index in [4.69, 9.17) is 4.52 Å². The molecule has 2 aromatic heterocycles. The maximum absolute atomic E-state index is 5.51. The highest BCUT2D eigenvalue weighted by atomic mass is 32.1. The fourth-order valence-corrected chi connectivity index (χ4v) is 3.27. The zero-order valence-corrected chi connectivity index (χ0v) is 13.4. The molecule has 2 aromatic rings. The molecule has 0 spiro atoms. The number of hydrogen-bond acceptors (Lipinski definition) is 5. The van der Waals surface area contributed by atoms with Crippen molar-refractivity contribution in [3.8, 4) is 0 Å². The summed E-state index contributed by atoms with van der Waals surface area (Å²) < 4.78 is 5.51. The van der Waals surface area contributed by atoms with E-state index in [9.17, 15) is 0 Å². The van der Waals surface area contributed by atoms with E-state index in [1.54, 1.807) is 11.3 Å². The number of rotatable bonds is 7. The van der Waals surface area contributed by atoms with Gasteiger partial charge in [0.2, 0.25) is 5.89 Å². The molecule has 0 saturated heterocycles. The minimum absolute atomic E-state index is 0.250. The molecule has 20 heavy (non-hydrogen) atoms. The molecule has 0 aliphatic heterocycles. The van der Waals surface area contributed by atoms with Gasteiger partial charge < -0.3 is 9.84 Å². The average molecular weight is 293 g/mol. The lowest BCUT2D eigenvalue weighted by atomic mass is 9.89. The predicted octanol–water partition coefficient (Wildman–Crippen LogP) is 3.46. The Hall–Kier alpha value is -1.20. The highest BCUT2D eigenvalue weighted by Gasteiger charge is 2.27. The standard InChI is InChI=1S/C15H23N3OS/c1-5-16-11(4)14(10(2)3)15-17-13(18-19-15)9-12-7-6-8-20-12/h6-8,10-11,14,16H,5,9H2,1-4H3. The van der Waals surface area contributed by atoms with Crippen molar-refractivity contribution in [2.75, 3.05) is 6.54 Å². The number of thiophene rings is 1. The van der Waals surface area contributed by atoms with Crippen LogP contribution in [0.1, 0.15) is 50.2 Å². The Labute approximate surface area is 124 Å². The second-order valence-electron chi connectivity index (χ2n) is 5.42. The van der Waals surface area contributed by atoms with Crippen LogP contribution in [0.25, 0.3) is 0 Å². The predicted molar refractivity (Wildman–Crippen MR) is 82.1 cm³/mol. The van der Waals surface area contributed by atoms with Crippen LogP contribution in [0.4, 0.5) is 0 Å². The van der Waals surface area contributed by atoms with Gasteiger partial charge in [-0.2, -0.15) is 4.98 Å². The van der Waals surface area contributed by atoms with Gasteiger partial charge >= 0.3 is 0 Å². The highest BCUT2D eigenvalue weighted by Crippen LogP contribution is 2.27.